The quantitative estimate of drug-likeness (QED) is 0.729. The van der Waals surface area contributed by atoms with Crippen LogP contribution >= 0.6 is 11.6 Å². The Balaban J connectivity index is 2.55. The fraction of sp³-hybridized carbons (Fsp3) is 0.0714. The Morgan fingerprint density at radius 3 is 2.32 bits per heavy atom. The Morgan fingerprint density at radius 1 is 1.00 bits per heavy atom. The molecule has 2 rings (SSSR count). The molecule has 0 radical (unpaired) electrons. The average Bonchev–Trinajstić information content (AvgIpc) is 2.38. The van der Waals surface area contributed by atoms with Crippen LogP contribution in [0, 0.1) is 11.3 Å². The van der Waals surface area contributed by atoms with Crippen LogP contribution in [0.15, 0.2) is 42.5 Å². The Morgan fingerprint density at radius 2 is 1.68 bits per heavy atom. The minimum atomic E-state index is -4.50. The second-order valence-electron chi connectivity index (χ2n) is 3.88. The average molecular weight is 282 g/mol. The van der Waals surface area contributed by atoms with Crippen LogP contribution in [0.2, 0.25) is 5.02 Å². The summed E-state index contributed by atoms with van der Waals surface area (Å²) in [6.45, 7) is 0. The van der Waals surface area contributed by atoms with Gasteiger partial charge in [-0.1, -0.05) is 29.8 Å². The smallest absolute Gasteiger partial charge is 0.192 e. The predicted molar refractivity (Wildman–Crippen MR) is 66.6 cm³/mol. The third-order valence-electron chi connectivity index (χ3n) is 2.60. The van der Waals surface area contributed by atoms with E-state index in [-0.39, 0.29) is 5.02 Å². The highest BCUT2D eigenvalue weighted by Crippen LogP contribution is 2.37. The Hall–Kier alpha value is -1.99. The largest absolute Gasteiger partial charge is 0.417 e. The molecule has 0 saturated carbocycles. The van der Waals surface area contributed by atoms with Gasteiger partial charge in [0.25, 0.3) is 0 Å². The van der Waals surface area contributed by atoms with Crippen molar-refractivity contribution in [1.82, 2.24) is 0 Å². The van der Waals surface area contributed by atoms with Crippen molar-refractivity contribution in [2.75, 3.05) is 0 Å². The fourth-order valence-corrected chi connectivity index (χ4v) is 1.92. The summed E-state index contributed by atoms with van der Waals surface area (Å²) < 4.78 is 38.3. The number of hydrogen-bond acceptors (Lipinski definition) is 1. The van der Waals surface area contributed by atoms with E-state index in [2.05, 4.69) is 0 Å². The molecular formula is C14H7ClF3N. The SMILES string of the molecule is N#Cc1cccc(-c2ccc(Cl)c(C(F)(F)F)c2)c1. The number of halogens is 4. The Labute approximate surface area is 112 Å². The second kappa shape index (κ2) is 4.94. The molecule has 5 heteroatoms. The summed E-state index contributed by atoms with van der Waals surface area (Å²) in [4.78, 5) is 0. The lowest BCUT2D eigenvalue weighted by molar-refractivity contribution is -0.137. The number of rotatable bonds is 1. The summed E-state index contributed by atoms with van der Waals surface area (Å²) in [6.07, 6.45) is -4.50. The minimum absolute atomic E-state index is 0.340. The first-order valence-electron chi connectivity index (χ1n) is 5.29. The zero-order valence-corrected chi connectivity index (χ0v) is 10.3. The first-order valence-corrected chi connectivity index (χ1v) is 5.67. The second-order valence-corrected chi connectivity index (χ2v) is 4.29. The predicted octanol–water partition coefficient (Wildman–Crippen LogP) is 4.90. The monoisotopic (exact) mass is 281 g/mol. The van der Waals surface area contributed by atoms with Crippen molar-refractivity contribution in [1.29, 1.82) is 5.26 Å². The Kier molecular flexibility index (Phi) is 3.50. The lowest BCUT2D eigenvalue weighted by Crippen LogP contribution is -2.05. The van der Waals surface area contributed by atoms with Crippen LogP contribution in [0.4, 0.5) is 13.2 Å². The third kappa shape index (κ3) is 2.88. The normalized spacial score (nSPS) is 11.1. The molecular weight excluding hydrogens is 275 g/mol. The van der Waals surface area contributed by atoms with Crippen molar-refractivity contribution in [2.45, 2.75) is 6.18 Å². The van der Waals surface area contributed by atoms with E-state index in [1.807, 2.05) is 6.07 Å². The maximum absolute atomic E-state index is 12.8. The van der Waals surface area contributed by atoms with Crippen molar-refractivity contribution >= 4 is 11.6 Å². The molecule has 0 aliphatic rings. The highest BCUT2D eigenvalue weighted by molar-refractivity contribution is 6.31. The van der Waals surface area contributed by atoms with Crippen LogP contribution < -0.4 is 0 Å². The van der Waals surface area contributed by atoms with Crippen LogP contribution in [-0.2, 0) is 6.18 Å². The molecule has 0 spiro atoms. The first-order chi connectivity index (χ1) is 8.91. The summed E-state index contributed by atoms with van der Waals surface area (Å²) in [6, 6.07) is 12.0. The van der Waals surface area contributed by atoms with Crippen molar-refractivity contribution in [3.63, 3.8) is 0 Å². The van der Waals surface area contributed by atoms with Gasteiger partial charge in [0.1, 0.15) is 0 Å². The summed E-state index contributed by atoms with van der Waals surface area (Å²) in [5.74, 6) is 0. The van der Waals surface area contributed by atoms with Gasteiger partial charge in [-0.25, -0.2) is 0 Å². The number of benzene rings is 2. The summed E-state index contributed by atoms with van der Waals surface area (Å²) in [5, 5.41) is 8.45. The number of nitrogens with zero attached hydrogens (tertiary/aromatic N) is 1. The van der Waals surface area contributed by atoms with Crippen LogP contribution in [0.3, 0.4) is 0 Å². The van der Waals surface area contributed by atoms with E-state index >= 15 is 0 Å². The van der Waals surface area contributed by atoms with Crippen LogP contribution in [0.5, 0.6) is 0 Å². The maximum Gasteiger partial charge on any atom is 0.417 e. The molecule has 0 unspecified atom stereocenters. The molecule has 0 aromatic heterocycles. The summed E-state index contributed by atoms with van der Waals surface area (Å²) in [7, 11) is 0. The molecule has 2 aromatic rings. The zero-order chi connectivity index (χ0) is 14.0. The summed E-state index contributed by atoms with van der Waals surface area (Å²) in [5.41, 5.74) is 0.421. The van der Waals surface area contributed by atoms with Gasteiger partial charge in [0, 0.05) is 0 Å². The van der Waals surface area contributed by atoms with Gasteiger partial charge >= 0.3 is 6.18 Å². The number of alkyl halides is 3. The molecule has 96 valence electrons. The maximum atomic E-state index is 12.8. The highest BCUT2D eigenvalue weighted by Gasteiger charge is 2.33. The van der Waals surface area contributed by atoms with E-state index < -0.39 is 11.7 Å². The topological polar surface area (TPSA) is 23.8 Å². The molecule has 0 aliphatic heterocycles. The van der Waals surface area contributed by atoms with Gasteiger partial charge in [-0.05, 0) is 35.4 Å². The molecule has 19 heavy (non-hydrogen) atoms. The van der Waals surface area contributed by atoms with Gasteiger partial charge in [-0.2, -0.15) is 18.4 Å². The van der Waals surface area contributed by atoms with Crippen LogP contribution in [0.1, 0.15) is 11.1 Å². The van der Waals surface area contributed by atoms with Crippen molar-refractivity contribution < 1.29 is 13.2 Å². The molecule has 0 bridgehead atoms. The van der Waals surface area contributed by atoms with Crippen molar-refractivity contribution in [3.8, 4) is 17.2 Å². The van der Waals surface area contributed by atoms with Gasteiger partial charge in [0.2, 0.25) is 0 Å². The zero-order valence-electron chi connectivity index (χ0n) is 9.50. The number of hydrogen-bond donors (Lipinski definition) is 0. The lowest BCUT2D eigenvalue weighted by Gasteiger charge is -2.11. The van der Waals surface area contributed by atoms with Crippen LogP contribution in [-0.4, -0.2) is 0 Å². The molecule has 0 atom stereocenters. The van der Waals surface area contributed by atoms with E-state index in [9.17, 15) is 13.2 Å². The molecule has 0 aliphatic carbocycles. The van der Waals surface area contributed by atoms with E-state index in [0.29, 0.717) is 16.7 Å². The Bertz CT molecular complexity index is 656. The van der Waals surface area contributed by atoms with Crippen LogP contribution in [0.25, 0.3) is 11.1 Å². The highest BCUT2D eigenvalue weighted by atomic mass is 35.5. The minimum Gasteiger partial charge on any atom is -0.192 e. The molecule has 2 aromatic carbocycles. The van der Waals surface area contributed by atoms with Gasteiger partial charge < -0.3 is 0 Å². The van der Waals surface area contributed by atoms with Gasteiger partial charge in [-0.15, -0.1) is 0 Å². The van der Waals surface area contributed by atoms with E-state index in [1.54, 1.807) is 18.2 Å². The third-order valence-corrected chi connectivity index (χ3v) is 2.93. The van der Waals surface area contributed by atoms with Gasteiger partial charge in [-0.3, -0.25) is 0 Å². The molecule has 1 nitrogen and oxygen atoms in total. The van der Waals surface area contributed by atoms with E-state index in [4.69, 9.17) is 16.9 Å². The van der Waals surface area contributed by atoms with Crippen molar-refractivity contribution in [2.24, 2.45) is 0 Å². The molecule has 0 fully saturated rings. The first kappa shape index (κ1) is 13.4. The lowest BCUT2D eigenvalue weighted by atomic mass is 10.0. The van der Waals surface area contributed by atoms with E-state index in [1.165, 1.54) is 18.2 Å². The number of nitriles is 1. The molecule has 0 heterocycles. The summed E-state index contributed by atoms with van der Waals surface area (Å²) >= 11 is 5.55. The van der Waals surface area contributed by atoms with Gasteiger partial charge in [0.05, 0.1) is 22.2 Å². The molecule has 0 amide bonds. The molecule has 0 N–H and O–H groups in total. The van der Waals surface area contributed by atoms with E-state index in [0.717, 1.165) is 6.07 Å². The fourth-order valence-electron chi connectivity index (χ4n) is 1.69. The van der Waals surface area contributed by atoms with Gasteiger partial charge in [0.15, 0.2) is 0 Å². The molecule has 0 saturated heterocycles. The van der Waals surface area contributed by atoms with Crippen molar-refractivity contribution in [3.05, 3.63) is 58.6 Å². The standard InChI is InChI=1S/C14H7ClF3N/c15-13-5-4-11(7-12(13)14(16,17)18)10-3-1-2-9(6-10)8-19/h1-7H.